The number of carbonyl (C=O) groups excluding carboxylic acids is 1. The Hall–Kier alpha value is -1.29. The summed E-state index contributed by atoms with van der Waals surface area (Å²) in [6.07, 6.45) is 10.7. The number of esters is 1. The van der Waals surface area contributed by atoms with E-state index in [2.05, 4.69) is 13.0 Å². The maximum atomic E-state index is 11.4. The van der Waals surface area contributed by atoms with Crippen LogP contribution in [0.1, 0.15) is 76.0 Å². The van der Waals surface area contributed by atoms with Gasteiger partial charge >= 0.3 is 5.97 Å². The van der Waals surface area contributed by atoms with Crippen LogP contribution in [0.5, 0.6) is 0 Å². The minimum atomic E-state index is -0.820. The molecular formula is C22H30O4. The van der Waals surface area contributed by atoms with Gasteiger partial charge in [0.15, 0.2) is 0 Å². The molecule has 0 aromatic carbocycles. The molecule has 3 fully saturated rings. The van der Waals surface area contributed by atoms with Crippen molar-refractivity contribution >= 4 is 5.97 Å². The van der Waals surface area contributed by atoms with Crippen LogP contribution in [0.25, 0.3) is 0 Å². The maximum absolute atomic E-state index is 11.4. The number of furan rings is 1. The standard InChI is InChI=1S/C22H30O4/c1-14(23)26-13-22(24)12-21-9-5-17-16-7-10-25-18(16)6-8-20(17,2)19(21)4-3-15(22)11-21/h7,10,15,17,19,24H,3-6,8-9,11-13H2,1-2H3/t15-,17+,19-,20+,21+,22-/m1/s1. The fourth-order valence-electron chi connectivity index (χ4n) is 7.72. The molecule has 3 saturated carbocycles. The molecule has 0 amide bonds. The van der Waals surface area contributed by atoms with Crippen LogP contribution in [-0.2, 0) is 16.0 Å². The van der Waals surface area contributed by atoms with E-state index in [0.717, 1.165) is 25.7 Å². The SMILES string of the molecule is CC(=O)OC[C@]1(O)C[C@@]23CC[C@H]4c5ccoc5CC[C@]4(C)[C@H]2CC[C@@H]1C3. The molecule has 0 radical (unpaired) electrons. The van der Waals surface area contributed by atoms with Crippen LogP contribution >= 0.6 is 0 Å². The van der Waals surface area contributed by atoms with Crippen molar-refractivity contribution in [3.8, 4) is 0 Å². The van der Waals surface area contributed by atoms with E-state index < -0.39 is 5.60 Å². The van der Waals surface area contributed by atoms with Crippen molar-refractivity contribution in [2.45, 2.75) is 76.7 Å². The molecular weight excluding hydrogens is 328 g/mol. The highest BCUT2D eigenvalue weighted by Crippen LogP contribution is 2.72. The first-order valence-corrected chi connectivity index (χ1v) is 10.3. The number of carbonyl (C=O) groups is 1. The summed E-state index contributed by atoms with van der Waals surface area (Å²) < 4.78 is 11.0. The molecule has 2 bridgehead atoms. The molecule has 1 aromatic rings. The van der Waals surface area contributed by atoms with Crippen LogP contribution in [0.3, 0.4) is 0 Å². The number of ether oxygens (including phenoxy) is 1. The van der Waals surface area contributed by atoms with E-state index in [-0.39, 0.29) is 23.9 Å². The fourth-order valence-corrected chi connectivity index (χ4v) is 7.72. The molecule has 6 atom stereocenters. The summed E-state index contributed by atoms with van der Waals surface area (Å²) in [5, 5.41) is 11.4. The highest BCUT2D eigenvalue weighted by atomic mass is 16.5. The third kappa shape index (κ3) is 2.14. The Morgan fingerprint density at radius 3 is 3.00 bits per heavy atom. The third-order valence-electron chi connectivity index (χ3n) is 8.71. The summed E-state index contributed by atoms with van der Waals surface area (Å²) in [6, 6.07) is 2.20. The highest BCUT2D eigenvalue weighted by molar-refractivity contribution is 5.66. The lowest BCUT2D eigenvalue weighted by Gasteiger charge is -2.59. The normalized spacial score (nSPS) is 46.2. The summed E-state index contributed by atoms with van der Waals surface area (Å²) in [7, 11) is 0. The van der Waals surface area contributed by atoms with E-state index in [0.29, 0.717) is 17.3 Å². The second-order valence-electron chi connectivity index (χ2n) is 9.85. The van der Waals surface area contributed by atoms with Gasteiger partial charge in [0.05, 0.1) is 6.26 Å². The highest BCUT2D eigenvalue weighted by Gasteiger charge is 2.66. The van der Waals surface area contributed by atoms with Gasteiger partial charge in [0.25, 0.3) is 0 Å². The molecule has 4 aliphatic rings. The summed E-state index contributed by atoms with van der Waals surface area (Å²) in [4.78, 5) is 11.3. The molecule has 5 rings (SSSR count). The van der Waals surface area contributed by atoms with Crippen LogP contribution in [0.4, 0.5) is 0 Å². The molecule has 26 heavy (non-hydrogen) atoms. The predicted octanol–water partition coefficient (Wildman–Crippen LogP) is 4.21. The first-order chi connectivity index (χ1) is 12.4. The summed E-state index contributed by atoms with van der Waals surface area (Å²) in [6.45, 7) is 4.11. The van der Waals surface area contributed by atoms with Crippen LogP contribution in [0.15, 0.2) is 16.7 Å². The summed E-state index contributed by atoms with van der Waals surface area (Å²) in [5.74, 6) is 2.45. The largest absolute Gasteiger partial charge is 0.469 e. The minimum absolute atomic E-state index is 0.174. The van der Waals surface area contributed by atoms with Gasteiger partial charge in [-0.25, -0.2) is 0 Å². The smallest absolute Gasteiger partial charge is 0.302 e. The maximum Gasteiger partial charge on any atom is 0.302 e. The van der Waals surface area contributed by atoms with Crippen molar-refractivity contribution in [2.24, 2.45) is 22.7 Å². The van der Waals surface area contributed by atoms with Gasteiger partial charge in [0.1, 0.15) is 18.0 Å². The van der Waals surface area contributed by atoms with Gasteiger partial charge in [0, 0.05) is 13.3 Å². The molecule has 1 heterocycles. The van der Waals surface area contributed by atoms with E-state index in [1.54, 1.807) is 0 Å². The fraction of sp³-hybridized carbons (Fsp3) is 0.773. The lowest BCUT2D eigenvalue weighted by Crippen LogP contribution is -2.51. The first-order valence-electron chi connectivity index (χ1n) is 10.3. The van der Waals surface area contributed by atoms with Gasteiger partial charge in [-0.1, -0.05) is 6.92 Å². The summed E-state index contributed by atoms with van der Waals surface area (Å²) in [5.41, 5.74) is 1.15. The molecule has 142 valence electrons. The molecule has 4 aliphatic carbocycles. The van der Waals surface area contributed by atoms with Crippen molar-refractivity contribution < 1.29 is 19.1 Å². The summed E-state index contributed by atoms with van der Waals surface area (Å²) >= 11 is 0. The monoisotopic (exact) mass is 358 g/mol. The van der Waals surface area contributed by atoms with Gasteiger partial charge in [-0.3, -0.25) is 4.79 Å². The zero-order chi connectivity index (χ0) is 18.2. The van der Waals surface area contributed by atoms with Crippen LogP contribution in [-0.4, -0.2) is 23.3 Å². The second kappa shape index (κ2) is 5.37. The predicted molar refractivity (Wildman–Crippen MR) is 96.6 cm³/mol. The van der Waals surface area contributed by atoms with Gasteiger partial charge in [-0.15, -0.1) is 0 Å². The third-order valence-corrected chi connectivity index (χ3v) is 8.71. The average molecular weight is 358 g/mol. The lowest BCUT2D eigenvalue weighted by molar-refractivity contribution is -0.151. The Kier molecular flexibility index (Phi) is 3.48. The van der Waals surface area contributed by atoms with Crippen molar-refractivity contribution in [3.63, 3.8) is 0 Å². The Morgan fingerprint density at radius 2 is 2.19 bits per heavy atom. The molecule has 0 saturated heterocycles. The zero-order valence-electron chi connectivity index (χ0n) is 15.9. The number of aryl methyl sites for hydroxylation is 1. The van der Waals surface area contributed by atoms with Gasteiger partial charge in [-0.2, -0.15) is 0 Å². The number of rotatable bonds is 2. The van der Waals surface area contributed by atoms with Crippen molar-refractivity contribution in [2.75, 3.05) is 6.61 Å². The van der Waals surface area contributed by atoms with E-state index in [1.807, 2.05) is 6.26 Å². The Bertz CT molecular complexity index is 738. The molecule has 1 N–H and O–H groups in total. The number of fused-ring (bicyclic) bond motifs is 5. The van der Waals surface area contributed by atoms with Crippen LogP contribution in [0, 0.1) is 22.7 Å². The Balaban J connectivity index is 1.47. The van der Waals surface area contributed by atoms with E-state index in [9.17, 15) is 9.90 Å². The van der Waals surface area contributed by atoms with E-state index >= 15 is 0 Å². The van der Waals surface area contributed by atoms with Crippen molar-refractivity contribution in [1.82, 2.24) is 0 Å². The molecule has 1 spiro atoms. The van der Waals surface area contributed by atoms with Crippen LogP contribution < -0.4 is 0 Å². The number of aliphatic hydroxyl groups is 1. The minimum Gasteiger partial charge on any atom is -0.469 e. The lowest BCUT2D eigenvalue weighted by atomic mass is 9.45. The molecule has 4 nitrogen and oxygen atoms in total. The molecule has 0 aliphatic heterocycles. The van der Waals surface area contributed by atoms with Gasteiger partial charge in [-0.05, 0) is 85.2 Å². The first kappa shape index (κ1) is 16.9. The van der Waals surface area contributed by atoms with E-state index in [4.69, 9.17) is 9.15 Å². The Labute approximate surface area is 155 Å². The van der Waals surface area contributed by atoms with Gasteiger partial charge < -0.3 is 14.3 Å². The van der Waals surface area contributed by atoms with Crippen molar-refractivity contribution in [1.29, 1.82) is 0 Å². The molecule has 1 aromatic heterocycles. The average Bonchev–Trinajstić information content (AvgIpc) is 3.14. The Morgan fingerprint density at radius 1 is 1.35 bits per heavy atom. The quantitative estimate of drug-likeness (QED) is 0.805. The van der Waals surface area contributed by atoms with Crippen molar-refractivity contribution in [3.05, 3.63) is 23.7 Å². The number of hydrogen-bond donors (Lipinski definition) is 1. The topological polar surface area (TPSA) is 59.7 Å². The van der Waals surface area contributed by atoms with Gasteiger partial charge in [0.2, 0.25) is 0 Å². The molecule has 0 unspecified atom stereocenters. The second-order valence-corrected chi connectivity index (χ2v) is 9.85. The molecule has 4 heteroatoms. The number of hydrogen-bond acceptors (Lipinski definition) is 4. The zero-order valence-corrected chi connectivity index (χ0v) is 15.9. The van der Waals surface area contributed by atoms with E-state index in [1.165, 1.54) is 43.9 Å². The van der Waals surface area contributed by atoms with Crippen LogP contribution in [0.2, 0.25) is 0 Å².